The standard InChI is InChI=1S/C10H13ClN2O3/c1-6(14)4-5-12-9-7(10(15)16)2-3-8(11)13-9/h2-3,6,14H,4-5H2,1H3,(H,12,13)(H,15,16). The SMILES string of the molecule is CC(O)CCNc1nc(Cl)ccc1C(=O)O. The maximum atomic E-state index is 10.9. The number of rotatable bonds is 5. The van der Waals surface area contributed by atoms with Gasteiger partial charge in [0.15, 0.2) is 0 Å². The molecule has 0 radical (unpaired) electrons. The first kappa shape index (κ1) is 12.7. The number of carboxylic acids is 1. The largest absolute Gasteiger partial charge is 0.478 e. The predicted octanol–water partition coefficient (Wildman–Crippen LogP) is 1.62. The molecule has 88 valence electrons. The van der Waals surface area contributed by atoms with Crippen LogP contribution >= 0.6 is 11.6 Å². The van der Waals surface area contributed by atoms with Gasteiger partial charge in [0.05, 0.1) is 6.10 Å². The van der Waals surface area contributed by atoms with Crippen molar-refractivity contribution >= 4 is 23.4 Å². The molecule has 1 aromatic heterocycles. The van der Waals surface area contributed by atoms with Gasteiger partial charge >= 0.3 is 5.97 Å². The molecule has 1 rings (SSSR count). The Balaban J connectivity index is 2.76. The van der Waals surface area contributed by atoms with E-state index in [9.17, 15) is 4.79 Å². The van der Waals surface area contributed by atoms with Crippen molar-refractivity contribution in [3.63, 3.8) is 0 Å². The summed E-state index contributed by atoms with van der Waals surface area (Å²) in [5, 5.41) is 21.0. The number of halogens is 1. The van der Waals surface area contributed by atoms with Gasteiger partial charge in [-0.05, 0) is 25.5 Å². The highest BCUT2D eigenvalue weighted by atomic mass is 35.5. The monoisotopic (exact) mass is 244 g/mol. The Hall–Kier alpha value is -1.33. The molecule has 16 heavy (non-hydrogen) atoms. The average Bonchev–Trinajstić information content (AvgIpc) is 2.16. The Morgan fingerprint density at radius 1 is 1.62 bits per heavy atom. The third-order valence-corrected chi connectivity index (χ3v) is 2.16. The molecular formula is C10H13ClN2O3. The highest BCUT2D eigenvalue weighted by Crippen LogP contribution is 2.16. The number of aromatic carboxylic acids is 1. The minimum atomic E-state index is -1.07. The van der Waals surface area contributed by atoms with E-state index >= 15 is 0 Å². The van der Waals surface area contributed by atoms with Crippen LogP contribution < -0.4 is 5.32 Å². The zero-order valence-electron chi connectivity index (χ0n) is 8.77. The zero-order valence-corrected chi connectivity index (χ0v) is 9.53. The Morgan fingerprint density at radius 3 is 2.88 bits per heavy atom. The lowest BCUT2D eigenvalue weighted by Gasteiger charge is -2.09. The van der Waals surface area contributed by atoms with Crippen molar-refractivity contribution < 1.29 is 15.0 Å². The highest BCUT2D eigenvalue weighted by Gasteiger charge is 2.11. The summed E-state index contributed by atoms with van der Waals surface area (Å²) < 4.78 is 0. The second kappa shape index (κ2) is 5.67. The second-order valence-electron chi connectivity index (χ2n) is 3.40. The molecule has 6 heteroatoms. The lowest BCUT2D eigenvalue weighted by molar-refractivity contribution is 0.0697. The smallest absolute Gasteiger partial charge is 0.339 e. The highest BCUT2D eigenvalue weighted by molar-refractivity contribution is 6.29. The van der Waals surface area contributed by atoms with Crippen molar-refractivity contribution in [2.75, 3.05) is 11.9 Å². The average molecular weight is 245 g/mol. The second-order valence-corrected chi connectivity index (χ2v) is 3.79. The van der Waals surface area contributed by atoms with Crippen molar-refractivity contribution in [2.24, 2.45) is 0 Å². The molecule has 1 heterocycles. The number of aliphatic hydroxyl groups is 1. The van der Waals surface area contributed by atoms with Gasteiger partial charge in [-0.25, -0.2) is 9.78 Å². The van der Waals surface area contributed by atoms with Gasteiger partial charge in [-0.3, -0.25) is 0 Å². The summed E-state index contributed by atoms with van der Waals surface area (Å²) in [4.78, 5) is 14.7. The molecule has 0 aliphatic heterocycles. The summed E-state index contributed by atoms with van der Waals surface area (Å²) >= 11 is 5.67. The number of pyridine rings is 1. The fourth-order valence-corrected chi connectivity index (χ4v) is 1.29. The van der Waals surface area contributed by atoms with Crippen molar-refractivity contribution in [3.8, 4) is 0 Å². The molecule has 0 aromatic carbocycles. The molecule has 3 N–H and O–H groups in total. The summed E-state index contributed by atoms with van der Waals surface area (Å²) in [6.45, 7) is 2.09. The van der Waals surface area contributed by atoms with Gasteiger partial charge in [-0.1, -0.05) is 11.6 Å². The normalized spacial score (nSPS) is 12.2. The Kier molecular flexibility index (Phi) is 4.52. The predicted molar refractivity (Wildman–Crippen MR) is 61.0 cm³/mol. The zero-order chi connectivity index (χ0) is 12.1. The molecule has 0 fully saturated rings. The molecule has 1 aromatic rings. The van der Waals surface area contributed by atoms with E-state index < -0.39 is 12.1 Å². The summed E-state index contributed by atoms with van der Waals surface area (Å²) in [5.74, 6) is -0.843. The van der Waals surface area contributed by atoms with Crippen LogP contribution in [0.25, 0.3) is 0 Å². The van der Waals surface area contributed by atoms with Gasteiger partial charge < -0.3 is 15.5 Å². The molecule has 1 unspecified atom stereocenters. The van der Waals surface area contributed by atoms with Crippen molar-refractivity contribution in [3.05, 3.63) is 22.8 Å². The number of carbonyl (C=O) groups is 1. The number of nitrogens with one attached hydrogen (secondary N) is 1. The molecular weight excluding hydrogens is 232 g/mol. The van der Waals surface area contributed by atoms with Crippen LogP contribution in [0.15, 0.2) is 12.1 Å². The van der Waals surface area contributed by atoms with Crippen molar-refractivity contribution in [1.82, 2.24) is 4.98 Å². The number of nitrogens with zero attached hydrogens (tertiary/aromatic N) is 1. The van der Waals surface area contributed by atoms with Crippen LogP contribution in [-0.4, -0.2) is 33.8 Å². The quantitative estimate of drug-likeness (QED) is 0.686. The lowest BCUT2D eigenvalue weighted by Crippen LogP contribution is -2.13. The number of carboxylic acid groups (broad SMARTS) is 1. The van der Waals surface area contributed by atoms with Gasteiger partial charge in [0.25, 0.3) is 0 Å². The van der Waals surface area contributed by atoms with Crippen LogP contribution in [0, 0.1) is 0 Å². The van der Waals surface area contributed by atoms with E-state index in [2.05, 4.69) is 10.3 Å². The molecule has 5 nitrogen and oxygen atoms in total. The van der Waals surface area contributed by atoms with Gasteiger partial charge in [-0.15, -0.1) is 0 Å². The van der Waals surface area contributed by atoms with E-state index in [4.69, 9.17) is 21.8 Å². The minimum absolute atomic E-state index is 0.0648. The molecule has 0 bridgehead atoms. The molecule has 0 spiro atoms. The molecule has 0 aliphatic rings. The maximum absolute atomic E-state index is 10.9. The maximum Gasteiger partial charge on any atom is 0.339 e. The molecule has 0 saturated carbocycles. The summed E-state index contributed by atoms with van der Waals surface area (Å²) in [6.07, 6.45) is 0.0627. The van der Waals surface area contributed by atoms with E-state index in [0.29, 0.717) is 13.0 Å². The van der Waals surface area contributed by atoms with Crippen molar-refractivity contribution in [1.29, 1.82) is 0 Å². The first-order valence-corrected chi connectivity index (χ1v) is 5.20. The number of aliphatic hydroxyl groups excluding tert-OH is 1. The molecule has 0 aliphatic carbocycles. The summed E-state index contributed by atoms with van der Waals surface area (Å²) in [5.41, 5.74) is 0.0648. The summed E-state index contributed by atoms with van der Waals surface area (Å²) in [6, 6.07) is 2.81. The fourth-order valence-electron chi connectivity index (χ4n) is 1.14. The molecule has 0 saturated heterocycles. The van der Waals surface area contributed by atoms with Gasteiger partial charge in [-0.2, -0.15) is 0 Å². The van der Waals surface area contributed by atoms with Crippen LogP contribution in [0.3, 0.4) is 0 Å². The van der Waals surface area contributed by atoms with E-state index in [1.54, 1.807) is 6.92 Å². The third kappa shape index (κ3) is 3.67. The minimum Gasteiger partial charge on any atom is -0.478 e. The van der Waals surface area contributed by atoms with Crippen molar-refractivity contribution in [2.45, 2.75) is 19.4 Å². The molecule has 1 atom stereocenters. The van der Waals surface area contributed by atoms with Gasteiger partial charge in [0.2, 0.25) is 0 Å². The van der Waals surface area contributed by atoms with Gasteiger partial charge in [0.1, 0.15) is 16.5 Å². The number of hydrogen-bond donors (Lipinski definition) is 3. The Morgan fingerprint density at radius 2 is 2.31 bits per heavy atom. The van der Waals surface area contributed by atoms with Crippen LogP contribution in [0.5, 0.6) is 0 Å². The van der Waals surface area contributed by atoms with Crippen LogP contribution in [0.1, 0.15) is 23.7 Å². The number of hydrogen-bond acceptors (Lipinski definition) is 4. The van der Waals surface area contributed by atoms with E-state index in [0.717, 1.165) is 0 Å². The fraction of sp³-hybridized carbons (Fsp3) is 0.400. The van der Waals surface area contributed by atoms with Gasteiger partial charge in [0, 0.05) is 6.54 Å². The Labute approximate surface area is 98.1 Å². The Bertz CT molecular complexity index is 382. The first-order valence-electron chi connectivity index (χ1n) is 4.82. The molecule has 0 amide bonds. The van der Waals surface area contributed by atoms with Crippen LogP contribution in [0.4, 0.5) is 5.82 Å². The number of anilines is 1. The van der Waals surface area contributed by atoms with E-state index in [1.807, 2.05) is 0 Å². The third-order valence-electron chi connectivity index (χ3n) is 1.95. The summed E-state index contributed by atoms with van der Waals surface area (Å²) in [7, 11) is 0. The topological polar surface area (TPSA) is 82.5 Å². The van der Waals surface area contributed by atoms with E-state index in [1.165, 1.54) is 12.1 Å². The van der Waals surface area contributed by atoms with E-state index in [-0.39, 0.29) is 16.5 Å². The van der Waals surface area contributed by atoms with Crippen LogP contribution in [-0.2, 0) is 0 Å². The lowest BCUT2D eigenvalue weighted by atomic mass is 10.2. The first-order chi connectivity index (χ1) is 7.50. The van der Waals surface area contributed by atoms with Crippen LogP contribution in [0.2, 0.25) is 5.15 Å². The number of aromatic nitrogens is 1.